The minimum absolute atomic E-state index is 0.0530. The third-order valence-electron chi connectivity index (χ3n) is 2.55. The predicted octanol–water partition coefficient (Wildman–Crippen LogP) is 2.12. The van der Waals surface area contributed by atoms with Gasteiger partial charge in [-0.2, -0.15) is 5.10 Å². The molecule has 2 aromatic rings. The van der Waals surface area contributed by atoms with Crippen LogP contribution in [0, 0.1) is 13.8 Å². The summed E-state index contributed by atoms with van der Waals surface area (Å²) in [6.07, 6.45) is 0.0530. The SMILES string of the molecule is Cc1cc(C)n(-c2ccc(CC(=O)O)cc2)n1. The maximum absolute atomic E-state index is 10.6. The van der Waals surface area contributed by atoms with Crippen molar-refractivity contribution in [3.8, 4) is 5.69 Å². The highest BCUT2D eigenvalue weighted by Crippen LogP contribution is 2.13. The van der Waals surface area contributed by atoms with Crippen LogP contribution in [0.3, 0.4) is 0 Å². The van der Waals surface area contributed by atoms with Crippen LogP contribution >= 0.6 is 0 Å². The molecule has 0 bridgehead atoms. The Bertz CT molecular complexity index is 541. The molecule has 0 unspecified atom stereocenters. The fraction of sp³-hybridized carbons (Fsp3) is 0.231. The summed E-state index contributed by atoms with van der Waals surface area (Å²) in [6, 6.07) is 9.42. The summed E-state index contributed by atoms with van der Waals surface area (Å²) in [7, 11) is 0. The smallest absolute Gasteiger partial charge is 0.307 e. The van der Waals surface area contributed by atoms with Gasteiger partial charge in [-0.25, -0.2) is 4.68 Å². The number of benzene rings is 1. The minimum Gasteiger partial charge on any atom is -0.481 e. The lowest BCUT2D eigenvalue weighted by Gasteiger charge is -2.05. The number of hydrogen-bond acceptors (Lipinski definition) is 2. The van der Waals surface area contributed by atoms with Crippen LogP contribution in [-0.4, -0.2) is 20.9 Å². The fourth-order valence-electron chi connectivity index (χ4n) is 1.82. The predicted molar refractivity (Wildman–Crippen MR) is 64.4 cm³/mol. The van der Waals surface area contributed by atoms with Crippen molar-refractivity contribution in [3.63, 3.8) is 0 Å². The number of aliphatic carboxylic acids is 1. The first-order valence-electron chi connectivity index (χ1n) is 5.40. The third-order valence-corrected chi connectivity index (χ3v) is 2.55. The maximum Gasteiger partial charge on any atom is 0.307 e. The van der Waals surface area contributed by atoms with Crippen molar-refractivity contribution in [2.45, 2.75) is 20.3 Å². The van der Waals surface area contributed by atoms with E-state index in [1.807, 2.05) is 48.9 Å². The van der Waals surface area contributed by atoms with Gasteiger partial charge in [0.25, 0.3) is 0 Å². The van der Waals surface area contributed by atoms with E-state index >= 15 is 0 Å². The van der Waals surface area contributed by atoms with Gasteiger partial charge >= 0.3 is 5.97 Å². The lowest BCUT2D eigenvalue weighted by atomic mass is 10.1. The number of aromatic nitrogens is 2. The quantitative estimate of drug-likeness (QED) is 0.878. The van der Waals surface area contributed by atoms with Crippen molar-refractivity contribution in [1.82, 2.24) is 9.78 Å². The zero-order chi connectivity index (χ0) is 12.4. The molecule has 1 heterocycles. The van der Waals surface area contributed by atoms with E-state index in [2.05, 4.69) is 5.10 Å². The molecule has 88 valence electrons. The topological polar surface area (TPSA) is 55.1 Å². The van der Waals surface area contributed by atoms with E-state index in [9.17, 15) is 4.79 Å². The monoisotopic (exact) mass is 230 g/mol. The van der Waals surface area contributed by atoms with Gasteiger partial charge in [0.2, 0.25) is 0 Å². The molecule has 0 radical (unpaired) electrons. The van der Waals surface area contributed by atoms with Gasteiger partial charge in [-0.05, 0) is 37.6 Å². The summed E-state index contributed by atoms with van der Waals surface area (Å²) < 4.78 is 1.85. The highest BCUT2D eigenvalue weighted by molar-refractivity contribution is 5.70. The number of nitrogens with zero attached hydrogens (tertiary/aromatic N) is 2. The molecule has 1 N–H and O–H groups in total. The molecule has 0 fully saturated rings. The molecule has 17 heavy (non-hydrogen) atoms. The number of hydrogen-bond donors (Lipinski definition) is 1. The maximum atomic E-state index is 10.6. The van der Waals surface area contributed by atoms with E-state index in [4.69, 9.17) is 5.11 Å². The number of carbonyl (C=O) groups is 1. The van der Waals surface area contributed by atoms with Crippen LogP contribution in [0.25, 0.3) is 5.69 Å². The summed E-state index contributed by atoms with van der Waals surface area (Å²) in [5.41, 5.74) is 3.78. The molecule has 0 aliphatic rings. The largest absolute Gasteiger partial charge is 0.481 e. The van der Waals surface area contributed by atoms with E-state index < -0.39 is 5.97 Å². The van der Waals surface area contributed by atoms with Crippen LogP contribution in [0.4, 0.5) is 0 Å². The third kappa shape index (κ3) is 2.53. The molecular formula is C13H14N2O2. The number of carboxylic acid groups (broad SMARTS) is 1. The van der Waals surface area contributed by atoms with Gasteiger partial charge in [0.1, 0.15) is 0 Å². The van der Waals surface area contributed by atoms with Crippen molar-refractivity contribution in [3.05, 3.63) is 47.3 Å². The van der Waals surface area contributed by atoms with E-state index in [1.165, 1.54) is 0 Å². The molecule has 0 aliphatic heterocycles. The Hall–Kier alpha value is -2.10. The summed E-state index contributed by atoms with van der Waals surface area (Å²) in [6.45, 7) is 3.94. The van der Waals surface area contributed by atoms with Gasteiger partial charge in [0, 0.05) is 5.69 Å². The van der Waals surface area contributed by atoms with Crippen molar-refractivity contribution < 1.29 is 9.90 Å². The molecule has 0 aliphatic carbocycles. The van der Waals surface area contributed by atoms with Gasteiger partial charge in [-0.3, -0.25) is 4.79 Å². The molecule has 0 spiro atoms. The number of carboxylic acids is 1. The average Bonchev–Trinajstić information content (AvgIpc) is 2.58. The van der Waals surface area contributed by atoms with Crippen molar-refractivity contribution in [2.75, 3.05) is 0 Å². The highest BCUT2D eigenvalue weighted by Gasteiger charge is 2.04. The van der Waals surface area contributed by atoms with Gasteiger partial charge < -0.3 is 5.11 Å². The van der Waals surface area contributed by atoms with E-state index in [-0.39, 0.29) is 6.42 Å². The zero-order valence-corrected chi connectivity index (χ0v) is 9.84. The van der Waals surface area contributed by atoms with Crippen LogP contribution in [-0.2, 0) is 11.2 Å². The second kappa shape index (κ2) is 4.41. The van der Waals surface area contributed by atoms with Gasteiger partial charge in [0.15, 0.2) is 0 Å². The average molecular weight is 230 g/mol. The van der Waals surface area contributed by atoms with E-state index in [1.54, 1.807) is 0 Å². The Labute approximate surface area is 99.5 Å². The van der Waals surface area contributed by atoms with Crippen LogP contribution in [0.15, 0.2) is 30.3 Å². The van der Waals surface area contributed by atoms with Gasteiger partial charge in [0.05, 0.1) is 17.8 Å². The van der Waals surface area contributed by atoms with Crippen molar-refractivity contribution >= 4 is 5.97 Å². The molecule has 0 saturated heterocycles. The Morgan fingerprint density at radius 3 is 2.41 bits per heavy atom. The molecule has 1 aromatic carbocycles. The van der Waals surface area contributed by atoms with Crippen LogP contribution in [0.5, 0.6) is 0 Å². The van der Waals surface area contributed by atoms with Crippen LogP contribution < -0.4 is 0 Å². The zero-order valence-electron chi connectivity index (χ0n) is 9.84. The Morgan fingerprint density at radius 1 is 1.29 bits per heavy atom. The Kier molecular flexibility index (Phi) is 2.95. The molecule has 4 heteroatoms. The minimum atomic E-state index is -0.816. The summed E-state index contributed by atoms with van der Waals surface area (Å²) >= 11 is 0. The van der Waals surface area contributed by atoms with E-state index in [0.29, 0.717) is 0 Å². The highest BCUT2D eigenvalue weighted by atomic mass is 16.4. The van der Waals surface area contributed by atoms with Gasteiger partial charge in [-0.1, -0.05) is 12.1 Å². The lowest BCUT2D eigenvalue weighted by Crippen LogP contribution is -2.02. The molecule has 0 atom stereocenters. The summed E-state index contributed by atoms with van der Waals surface area (Å²) in [5, 5.41) is 13.1. The fourth-order valence-corrected chi connectivity index (χ4v) is 1.82. The van der Waals surface area contributed by atoms with Crippen LogP contribution in [0.2, 0.25) is 0 Å². The Morgan fingerprint density at radius 2 is 1.94 bits per heavy atom. The normalized spacial score (nSPS) is 10.5. The van der Waals surface area contributed by atoms with Crippen molar-refractivity contribution in [2.24, 2.45) is 0 Å². The number of rotatable bonds is 3. The molecule has 4 nitrogen and oxygen atoms in total. The van der Waals surface area contributed by atoms with Gasteiger partial charge in [-0.15, -0.1) is 0 Å². The Balaban J connectivity index is 2.29. The molecular weight excluding hydrogens is 216 g/mol. The molecule has 0 saturated carbocycles. The standard InChI is InChI=1S/C13H14N2O2/c1-9-7-10(2)15(14-9)12-5-3-11(4-6-12)8-13(16)17/h3-7H,8H2,1-2H3,(H,16,17). The summed E-state index contributed by atoms with van der Waals surface area (Å²) in [5.74, 6) is -0.816. The molecule has 2 rings (SSSR count). The molecule has 0 amide bonds. The second-order valence-electron chi connectivity index (χ2n) is 4.08. The second-order valence-corrected chi connectivity index (χ2v) is 4.08. The summed E-state index contributed by atoms with van der Waals surface area (Å²) in [4.78, 5) is 10.6. The van der Waals surface area contributed by atoms with E-state index in [0.717, 1.165) is 22.6 Å². The van der Waals surface area contributed by atoms with Crippen LogP contribution in [0.1, 0.15) is 17.0 Å². The van der Waals surface area contributed by atoms with Crippen molar-refractivity contribution in [1.29, 1.82) is 0 Å². The number of aryl methyl sites for hydroxylation is 2. The first kappa shape index (κ1) is 11.4. The molecule has 1 aromatic heterocycles. The first-order chi connectivity index (χ1) is 8.06. The lowest BCUT2D eigenvalue weighted by molar-refractivity contribution is -0.136. The first-order valence-corrected chi connectivity index (χ1v) is 5.40.